The van der Waals surface area contributed by atoms with Gasteiger partial charge in [-0.25, -0.2) is 9.97 Å². The molecule has 1 aliphatic rings. The fourth-order valence-corrected chi connectivity index (χ4v) is 4.85. The Hall–Kier alpha value is -3.86. The molecule has 5 aromatic rings. The molecular formula is C27H24N4O. The Bertz CT molecular complexity index is 1460. The van der Waals surface area contributed by atoms with E-state index in [9.17, 15) is 0 Å². The summed E-state index contributed by atoms with van der Waals surface area (Å²) in [5.74, 6) is 0.957. The molecular weight excluding hydrogens is 396 g/mol. The molecule has 32 heavy (non-hydrogen) atoms. The van der Waals surface area contributed by atoms with Crippen molar-refractivity contribution in [3.63, 3.8) is 0 Å². The Morgan fingerprint density at radius 1 is 0.906 bits per heavy atom. The Labute approximate surface area is 186 Å². The molecule has 4 heterocycles. The van der Waals surface area contributed by atoms with Crippen LogP contribution in [0.25, 0.3) is 22.1 Å². The van der Waals surface area contributed by atoms with E-state index in [4.69, 9.17) is 9.40 Å². The number of anilines is 4. The van der Waals surface area contributed by atoms with Crippen molar-refractivity contribution in [2.24, 2.45) is 0 Å². The van der Waals surface area contributed by atoms with Crippen LogP contribution in [0.1, 0.15) is 18.2 Å². The van der Waals surface area contributed by atoms with E-state index in [-0.39, 0.29) is 6.04 Å². The number of hydrogen-bond acceptors (Lipinski definition) is 5. The number of nitrogens with zero attached hydrogens (tertiary/aromatic N) is 4. The van der Waals surface area contributed by atoms with Crippen LogP contribution in [0.4, 0.5) is 22.9 Å². The number of rotatable bonds is 2. The molecule has 0 saturated heterocycles. The minimum atomic E-state index is 0.221. The van der Waals surface area contributed by atoms with Crippen LogP contribution >= 0.6 is 0 Å². The first kappa shape index (κ1) is 18.9. The maximum Gasteiger partial charge on any atom is 0.227 e. The summed E-state index contributed by atoms with van der Waals surface area (Å²) in [7, 11) is 0. The summed E-state index contributed by atoms with van der Waals surface area (Å²) in [5, 5.41) is 2.14. The Morgan fingerprint density at radius 3 is 2.56 bits per heavy atom. The summed E-state index contributed by atoms with van der Waals surface area (Å²) in [6.45, 7) is 7.20. The van der Waals surface area contributed by atoms with Gasteiger partial charge in [0.05, 0.1) is 17.4 Å². The van der Waals surface area contributed by atoms with E-state index >= 15 is 0 Å². The molecule has 0 fully saturated rings. The molecule has 2 aromatic carbocycles. The molecule has 1 atom stereocenters. The van der Waals surface area contributed by atoms with Crippen LogP contribution in [0.5, 0.6) is 0 Å². The van der Waals surface area contributed by atoms with Crippen LogP contribution < -0.4 is 9.80 Å². The summed E-state index contributed by atoms with van der Waals surface area (Å²) in [4.78, 5) is 14.1. The molecule has 0 bridgehead atoms. The summed E-state index contributed by atoms with van der Waals surface area (Å²) in [5.41, 5.74) is 7.01. The van der Waals surface area contributed by atoms with E-state index in [2.05, 4.69) is 77.2 Å². The normalized spacial score (nSPS) is 16.0. The number of aromatic nitrogens is 2. The number of furan rings is 1. The maximum atomic E-state index is 6.37. The third kappa shape index (κ3) is 2.78. The average molecular weight is 421 g/mol. The van der Waals surface area contributed by atoms with Crippen molar-refractivity contribution in [1.29, 1.82) is 0 Å². The molecule has 6 rings (SSSR count). The molecule has 0 unspecified atom stereocenters. The van der Waals surface area contributed by atoms with Crippen LogP contribution in [0, 0.1) is 13.8 Å². The molecule has 0 radical (unpaired) electrons. The monoisotopic (exact) mass is 420 g/mol. The molecule has 0 saturated carbocycles. The van der Waals surface area contributed by atoms with Crippen LogP contribution in [0.2, 0.25) is 0 Å². The van der Waals surface area contributed by atoms with Crippen molar-refractivity contribution < 1.29 is 4.42 Å². The van der Waals surface area contributed by atoms with Crippen molar-refractivity contribution in [3.8, 4) is 0 Å². The topological polar surface area (TPSA) is 45.4 Å². The zero-order valence-electron chi connectivity index (χ0n) is 18.4. The van der Waals surface area contributed by atoms with Crippen molar-refractivity contribution >= 4 is 44.9 Å². The maximum absolute atomic E-state index is 6.37. The summed E-state index contributed by atoms with van der Waals surface area (Å²) in [6.07, 6.45) is 1.87. The Balaban J connectivity index is 1.58. The number of pyridine rings is 2. The Kier molecular flexibility index (Phi) is 4.18. The molecule has 5 nitrogen and oxygen atoms in total. The molecule has 158 valence electrons. The molecule has 0 spiro atoms. The fourth-order valence-electron chi connectivity index (χ4n) is 4.85. The average Bonchev–Trinajstić information content (AvgIpc) is 3.16. The van der Waals surface area contributed by atoms with Gasteiger partial charge in [0.25, 0.3) is 0 Å². The number of fused-ring (bicyclic) bond motifs is 4. The second-order valence-electron chi connectivity index (χ2n) is 8.53. The second kappa shape index (κ2) is 7.09. The standard InChI is InChI=1S/C27H24N4O/c1-17-11-13-21-22-14-12-18(2)29-27(22)32-25(21)24(17)30-16-19(3)31(20-8-5-4-6-9-20)26-23(30)10-7-15-28-26/h4-15,19H,16H2,1-3H3/t19-/m1/s1. The number of benzene rings is 2. The highest BCUT2D eigenvalue weighted by Gasteiger charge is 2.33. The Morgan fingerprint density at radius 2 is 1.72 bits per heavy atom. The van der Waals surface area contributed by atoms with Crippen LogP contribution in [0.15, 0.2) is 77.3 Å². The molecule has 5 heteroatoms. The number of aryl methyl sites for hydroxylation is 2. The zero-order valence-corrected chi connectivity index (χ0v) is 18.4. The lowest BCUT2D eigenvalue weighted by Crippen LogP contribution is -2.44. The first-order chi connectivity index (χ1) is 15.6. The van der Waals surface area contributed by atoms with Gasteiger partial charge in [0.2, 0.25) is 5.71 Å². The lowest BCUT2D eigenvalue weighted by Gasteiger charge is -2.42. The van der Waals surface area contributed by atoms with E-state index < -0.39 is 0 Å². The predicted octanol–water partition coefficient (Wildman–Crippen LogP) is 6.67. The van der Waals surface area contributed by atoms with Crippen LogP contribution in [-0.2, 0) is 0 Å². The molecule has 0 aliphatic carbocycles. The first-order valence-electron chi connectivity index (χ1n) is 11.0. The van der Waals surface area contributed by atoms with E-state index in [1.165, 1.54) is 5.56 Å². The van der Waals surface area contributed by atoms with E-state index in [0.717, 1.165) is 51.5 Å². The SMILES string of the molecule is Cc1ccc2c(n1)oc1c(N3C[C@@H](C)N(c4ccccc4)c4ncccc43)c(C)ccc12. The van der Waals surface area contributed by atoms with Crippen molar-refractivity contribution in [2.75, 3.05) is 16.3 Å². The van der Waals surface area contributed by atoms with E-state index in [1.807, 2.05) is 31.3 Å². The van der Waals surface area contributed by atoms with Gasteiger partial charge in [0, 0.05) is 34.9 Å². The molecule has 3 aromatic heterocycles. The van der Waals surface area contributed by atoms with Gasteiger partial charge in [-0.3, -0.25) is 0 Å². The van der Waals surface area contributed by atoms with Crippen LogP contribution in [0.3, 0.4) is 0 Å². The van der Waals surface area contributed by atoms with Crippen LogP contribution in [-0.4, -0.2) is 22.6 Å². The van der Waals surface area contributed by atoms with Gasteiger partial charge in [-0.15, -0.1) is 0 Å². The third-order valence-electron chi connectivity index (χ3n) is 6.30. The quantitative estimate of drug-likeness (QED) is 0.319. The van der Waals surface area contributed by atoms with Crippen molar-refractivity contribution in [2.45, 2.75) is 26.8 Å². The highest BCUT2D eigenvalue weighted by molar-refractivity contribution is 6.09. The first-order valence-corrected chi connectivity index (χ1v) is 11.0. The van der Waals surface area contributed by atoms with Crippen molar-refractivity contribution in [3.05, 3.63) is 84.2 Å². The fraction of sp³-hybridized carbons (Fsp3) is 0.185. The summed E-state index contributed by atoms with van der Waals surface area (Å²) in [6, 6.07) is 23.3. The number of hydrogen-bond donors (Lipinski definition) is 0. The summed E-state index contributed by atoms with van der Waals surface area (Å²) < 4.78 is 6.37. The van der Waals surface area contributed by atoms with Gasteiger partial charge in [-0.2, -0.15) is 0 Å². The molecule has 0 N–H and O–H groups in total. The minimum absolute atomic E-state index is 0.221. The summed E-state index contributed by atoms with van der Waals surface area (Å²) >= 11 is 0. The predicted molar refractivity (Wildman–Crippen MR) is 130 cm³/mol. The van der Waals surface area contributed by atoms with Crippen molar-refractivity contribution in [1.82, 2.24) is 9.97 Å². The highest BCUT2D eigenvalue weighted by Crippen LogP contribution is 2.46. The van der Waals surface area contributed by atoms with E-state index in [1.54, 1.807) is 0 Å². The lowest BCUT2D eigenvalue weighted by molar-refractivity contribution is 0.642. The molecule has 1 aliphatic heterocycles. The number of para-hydroxylation sites is 1. The lowest BCUT2D eigenvalue weighted by atomic mass is 10.0. The highest BCUT2D eigenvalue weighted by atomic mass is 16.3. The molecule has 0 amide bonds. The smallest absolute Gasteiger partial charge is 0.227 e. The third-order valence-corrected chi connectivity index (χ3v) is 6.30. The largest absolute Gasteiger partial charge is 0.435 e. The second-order valence-corrected chi connectivity index (χ2v) is 8.53. The van der Waals surface area contributed by atoms with Gasteiger partial charge in [0.1, 0.15) is 0 Å². The van der Waals surface area contributed by atoms with Gasteiger partial charge >= 0.3 is 0 Å². The minimum Gasteiger partial charge on any atom is -0.435 e. The van der Waals surface area contributed by atoms with Gasteiger partial charge in [0.15, 0.2) is 11.4 Å². The van der Waals surface area contributed by atoms with Gasteiger partial charge in [-0.05, 0) is 62.7 Å². The van der Waals surface area contributed by atoms with E-state index in [0.29, 0.717) is 5.71 Å². The van der Waals surface area contributed by atoms with Gasteiger partial charge < -0.3 is 14.2 Å². The zero-order chi connectivity index (χ0) is 21.8. The van der Waals surface area contributed by atoms with Gasteiger partial charge in [-0.1, -0.05) is 30.3 Å².